The molecule has 0 saturated heterocycles. The van der Waals surface area contributed by atoms with Crippen LogP contribution >= 0.6 is 11.6 Å². The van der Waals surface area contributed by atoms with Gasteiger partial charge in [0.1, 0.15) is 5.75 Å². The minimum atomic E-state index is -3.67. The first-order valence-electron chi connectivity index (χ1n) is 8.42. The van der Waals surface area contributed by atoms with E-state index in [9.17, 15) is 18.0 Å². The zero-order valence-electron chi connectivity index (χ0n) is 14.9. The monoisotopic (exact) mass is 408 g/mol. The van der Waals surface area contributed by atoms with Gasteiger partial charge in [-0.05, 0) is 36.2 Å². The number of para-hydroxylation sites is 1. The number of carbonyl (C=O) groups is 2. The molecule has 0 spiro atoms. The van der Waals surface area contributed by atoms with E-state index in [0.717, 1.165) is 6.42 Å². The number of benzene rings is 2. The van der Waals surface area contributed by atoms with Gasteiger partial charge in [-0.15, -0.1) is 0 Å². The van der Waals surface area contributed by atoms with Crippen LogP contribution in [0.3, 0.4) is 0 Å². The van der Waals surface area contributed by atoms with Crippen molar-refractivity contribution in [2.24, 2.45) is 0 Å². The Balaban J connectivity index is 2.04. The molecular weight excluding hydrogens is 388 g/mol. The third kappa shape index (κ3) is 6.69. The first-order valence-corrected chi connectivity index (χ1v) is 10.6. The Morgan fingerprint density at radius 2 is 1.70 bits per heavy atom. The molecule has 0 aliphatic rings. The minimum absolute atomic E-state index is 0.268. The summed E-state index contributed by atoms with van der Waals surface area (Å²) in [6.45, 7) is 2.44. The van der Waals surface area contributed by atoms with Gasteiger partial charge in [-0.3, -0.25) is 9.59 Å². The number of carbonyl (C=O) groups excluding carboxylic acids is 2. The molecule has 0 radical (unpaired) electrons. The van der Waals surface area contributed by atoms with E-state index in [1.54, 1.807) is 48.5 Å². The van der Waals surface area contributed by atoms with Crippen LogP contribution in [0.1, 0.15) is 29.3 Å². The van der Waals surface area contributed by atoms with Crippen LogP contribution in [0.15, 0.2) is 48.5 Å². The second-order valence-electron chi connectivity index (χ2n) is 6.01. The fourth-order valence-corrected chi connectivity index (χ4v) is 3.80. The van der Waals surface area contributed by atoms with E-state index in [1.165, 1.54) is 0 Å². The van der Waals surface area contributed by atoms with Gasteiger partial charge < -0.3 is 10.6 Å². The number of sulfone groups is 1. The van der Waals surface area contributed by atoms with Crippen LogP contribution in [0.4, 0.5) is 5.69 Å². The molecule has 0 bridgehead atoms. The van der Waals surface area contributed by atoms with Crippen molar-refractivity contribution in [1.29, 1.82) is 0 Å². The Labute approximate surface area is 163 Å². The van der Waals surface area contributed by atoms with Crippen molar-refractivity contribution < 1.29 is 18.0 Å². The number of rotatable bonds is 8. The summed E-state index contributed by atoms with van der Waals surface area (Å²) < 4.78 is 24.5. The highest BCUT2D eigenvalue weighted by Gasteiger charge is 2.19. The molecule has 2 aromatic rings. The van der Waals surface area contributed by atoms with Crippen molar-refractivity contribution in [1.82, 2.24) is 5.32 Å². The normalized spacial score (nSPS) is 11.0. The summed E-state index contributed by atoms with van der Waals surface area (Å²) in [5.74, 6) is -1.96. The predicted molar refractivity (Wildman–Crippen MR) is 107 cm³/mol. The lowest BCUT2D eigenvalue weighted by molar-refractivity contribution is -0.113. The van der Waals surface area contributed by atoms with Gasteiger partial charge in [-0.1, -0.05) is 42.8 Å². The number of anilines is 1. The number of halogens is 1. The summed E-state index contributed by atoms with van der Waals surface area (Å²) in [6.07, 6.45) is 0.781. The van der Waals surface area contributed by atoms with Crippen molar-refractivity contribution >= 4 is 38.9 Å². The molecule has 0 saturated carbocycles. The van der Waals surface area contributed by atoms with E-state index in [-0.39, 0.29) is 22.9 Å². The van der Waals surface area contributed by atoms with Crippen molar-refractivity contribution in [3.63, 3.8) is 0 Å². The highest BCUT2D eigenvalue weighted by molar-refractivity contribution is 7.91. The van der Waals surface area contributed by atoms with Gasteiger partial charge in [0.2, 0.25) is 5.91 Å². The third-order valence-electron chi connectivity index (χ3n) is 3.63. The van der Waals surface area contributed by atoms with Crippen LogP contribution in [0, 0.1) is 0 Å². The zero-order valence-corrected chi connectivity index (χ0v) is 16.4. The molecule has 0 aromatic heterocycles. The summed E-state index contributed by atoms with van der Waals surface area (Å²) in [5, 5.41) is 5.75. The third-order valence-corrected chi connectivity index (χ3v) is 5.36. The summed E-state index contributed by atoms with van der Waals surface area (Å²) in [7, 11) is -3.67. The van der Waals surface area contributed by atoms with Crippen LogP contribution in [-0.4, -0.2) is 32.5 Å². The SMILES string of the molecule is CCCNC(=O)c1ccccc1NC(=O)CS(=O)(=O)Cc1ccc(Cl)cc1. The van der Waals surface area contributed by atoms with Gasteiger partial charge in [0.15, 0.2) is 9.84 Å². The maximum Gasteiger partial charge on any atom is 0.253 e. The molecule has 0 atom stereocenters. The van der Waals surface area contributed by atoms with Gasteiger partial charge in [0.25, 0.3) is 5.91 Å². The quantitative estimate of drug-likeness (QED) is 0.702. The average Bonchev–Trinajstić information content (AvgIpc) is 2.61. The van der Waals surface area contributed by atoms with Crippen molar-refractivity contribution in [2.45, 2.75) is 19.1 Å². The standard InChI is InChI=1S/C19H21ClN2O4S/c1-2-11-21-19(24)16-5-3-4-6-17(16)22-18(23)13-27(25,26)12-14-7-9-15(20)10-8-14/h3-10H,2,11-13H2,1H3,(H,21,24)(H,22,23). The highest BCUT2D eigenvalue weighted by atomic mass is 35.5. The number of hydrogen-bond donors (Lipinski definition) is 2. The van der Waals surface area contributed by atoms with E-state index in [4.69, 9.17) is 11.6 Å². The molecule has 8 heteroatoms. The molecule has 0 aliphatic carbocycles. The molecule has 2 rings (SSSR count). The molecule has 27 heavy (non-hydrogen) atoms. The Morgan fingerprint density at radius 1 is 1.04 bits per heavy atom. The number of nitrogens with one attached hydrogen (secondary N) is 2. The Bertz CT molecular complexity index is 912. The summed E-state index contributed by atoms with van der Waals surface area (Å²) >= 11 is 5.78. The van der Waals surface area contributed by atoms with E-state index < -0.39 is 21.5 Å². The van der Waals surface area contributed by atoms with Crippen molar-refractivity contribution in [3.8, 4) is 0 Å². The maximum absolute atomic E-state index is 12.3. The fraction of sp³-hybridized carbons (Fsp3) is 0.263. The second-order valence-corrected chi connectivity index (χ2v) is 8.51. The zero-order chi connectivity index (χ0) is 19.9. The van der Waals surface area contributed by atoms with Crippen LogP contribution in [0.2, 0.25) is 5.02 Å². The predicted octanol–water partition coefficient (Wildman–Crippen LogP) is 3.03. The van der Waals surface area contributed by atoms with E-state index in [0.29, 0.717) is 17.1 Å². The van der Waals surface area contributed by atoms with Crippen LogP contribution in [-0.2, 0) is 20.4 Å². The van der Waals surface area contributed by atoms with Gasteiger partial charge in [0, 0.05) is 11.6 Å². The number of amides is 2. The smallest absolute Gasteiger partial charge is 0.253 e. The molecule has 6 nitrogen and oxygen atoms in total. The van der Waals surface area contributed by atoms with Crippen LogP contribution in [0.25, 0.3) is 0 Å². The summed E-state index contributed by atoms with van der Waals surface area (Å²) in [6, 6.07) is 12.9. The summed E-state index contributed by atoms with van der Waals surface area (Å²) in [5.41, 5.74) is 1.11. The topological polar surface area (TPSA) is 92.3 Å². The molecule has 0 fully saturated rings. The van der Waals surface area contributed by atoms with E-state index in [1.807, 2.05) is 6.92 Å². The lowest BCUT2D eigenvalue weighted by atomic mass is 10.1. The Hall–Kier alpha value is -2.38. The first-order chi connectivity index (χ1) is 12.8. The molecule has 2 N–H and O–H groups in total. The molecular formula is C19H21ClN2O4S. The Morgan fingerprint density at radius 3 is 2.37 bits per heavy atom. The molecule has 0 heterocycles. The second kappa shape index (κ2) is 9.53. The fourth-order valence-electron chi connectivity index (χ4n) is 2.40. The van der Waals surface area contributed by atoms with Gasteiger partial charge in [-0.2, -0.15) is 0 Å². The minimum Gasteiger partial charge on any atom is -0.352 e. The van der Waals surface area contributed by atoms with Crippen molar-refractivity contribution in [2.75, 3.05) is 17.6 Å². The first kappa shape index (κ1) is 20.9. The molecule has 0 unspecified atom stereocenters. The van der Waals surface area contributed by atoms with Gasteiger partial charge >= 0.3 is 0 Å². The van der Waals surface area contributed by atoms with Crippen LogP contribution in [0.5, 0.6) is 0 Å². The molecule has 2 amide bonds. The Kier molecular flexibility index (Phi) is 7.38. The highest BCUT2D eigenvalue weighted by Crippen LogP contribution is 2.16. The van der Waals surface area contributed by atoms with Crippen molar-refractivity contribution in [3.05, 3.63) is 64.7 Å². The number of hydrogen-bond acceptors (Lipinski definition) is 4. The van der Waals surface area contributed by atoms with Gasteiger partial charge in [-0.25, -0.2) is 8.42 Å². The molecule has 0 aliphatic heterocycles. The summed E-state index contributed by atoms with van der Waals surface area (Å²) in [4.78, 5) is 24.4. The van der Waals surface area contributed by atoms with E-state index >= 15 is 0 Å². The van der Waals surface area contributed by atoms with E-state index in [2.05, 4.69) is 10.6 Å². The maximum atomic E-state index is 12.3. The van der Waals surface area contributed by atoms with Crippen LogP contribution < -0.4 is 10.6 Å². The van der Waals surface area contributed by atoms with Gasteiger partial charge in [0.05, 0.1) is 17.0 Å². The molecule has 144 valence electrons. The lowest BCUT2D eigenvalue weighted by Crippen LogP contribution is -2.28. The average molecular weight is 409 g/mol. The largest absolute Gasteiger partial charge is 0.352 e. The molecule has 2 aromatic carbocycles. The lowest BCUT2D eigenvalue weighted by Gasteiger charge is -2.11.